The molecule has 2 aromatic carbocycles. The third-order valence-corrected chi connectivity index (χ3v) is 6.00. The van der Waals surface area contributed by atoms with E-state index in [0.29, 0.717) is 5.56 Å². The van der Waals surface area contributed by atoms with E-state index in [4.69, 9.17) is 0 Å². The molecule has 1 fully saturated rings. The Morgan fingerprint density at radius 1 is 0.833 bits per heavy atom. The van der Waals surface area contributed by atoms with Gasteiger partial charge in [-0.2, -0.15) is 0 Å². The first kappa shape index (κ1) is 13.7. The molecule has 0 unspecified atom stereocenters. The van der Waals surface area contributed by atoms with Gasteiger partial charge >= 0.3 is 5.97 Å². The fourth-order valence-corrected chi connectivity index (χ4v) is 5.11. The van der Waals surface area contributed by atoms with Crippen molar-refractivity contribution in [3.05, 3.63) is 69.8 Å². The quantitative estimate of drug-likeness (QED) is 0.876. The molecule has 3 aliphatic carbocycles. The number of carboxylic acid groups (broad SMARTS) is 1. The van der Waals surface area contributed by atoms with Gasteiger partial charge < -0.3 is 5.11 Å². The van der Waals surface area contributed by atoms with E-state index in [-0.39, 0.29) is 40.8 Å². The van der Waals surface area contributed by atoms with Crippen LogP contribution in [0.1, 0.15) is 59.6 Å². The zero-order valence-electron chi connectivity index (χ0n) is 12.9. The summed E-state index contributed by atoms with van der Waals surface area (Å²) >= 11 is 0. The zero-order valence-corrected chi connectivity index (χ0v) is 12.9. The molecule has 1 saturated carbocycles. The molecule has 0 aromatic heterocycles. The number of benzene rings is 2. The number of carbonyl (C=O) groups excluding carboxylic acids is 2. The van der Waals surface area contributed by atoms with Crippen LogP contribution in [0.5, 0.6) is 0 Å². The lowest BCUT2D eigenvalue weighted by molar-refractivity contribution is 0.0590. The second-order valence-electron chi connectivity index (χ2n) is 6.95. The average Bonchev–Trinajstić information content (AvgIpc) is 2.89. The predicted molar refractivity (Wildman–Crippen MR) is 85.7 cm³/mol. The fraction of sp³-hybridized carbons (Fsp3) is 0.250. The van der Waals surface area contributed by atoms with Crippen molar-refractivity contribution >= 4 is 17.5 Å². The molecular formula is C20H14O4. The second-order valence-corrected chi connectivity index (χ2v) is 6.95. The Labute approximate surface area is 138 Å². The van der Waals surface area contributed by atoms with Crippen molar-refractivity contribution in [1.29, 1.82) is 0 Å². The predicted octanol–water partition coefficient (Wildman–Crippen LogP) is 3.20. The number of rotatable bonds is 1. The summed E-state index contributed by atoms with van der Waals surface area (Å²) in [6, 6.07) is 10.7. The molecule has 5 rings (SSSR count). The number of aromatic carboxylic acids is 1. The second kappa shape index (κ2) is 4.20. The number of aryl methyl sites for hydroxylation is 1. The minimum Gasteiger partial charge on any atom is -0.478 e. The Bertz CT molecular complexity index is 972. The molecule has 0 saturated heterocycles. The molecule has 2 aromatic rings. The molecular weight excluding hydrogens is 304 g/mol. The maximum absolute atomic E-state index is 13.0. The minimum absolute atomic E-state index is 0.0573. The number of fused-ring (bicyclic) bond motifs is 8. The summed E-state index contributed by atoms with van der Waals surface area (Å²) in [6.45, 7) is 1.93. The summed E-state index contributed by atoms with van der Waals surface area (Å²) < 4.78 is 0. The number of ketones is 2. The van der Waals surface area contributed by atoms with Crippen LogP contribution in [0.4, 0.5) is 0 Å². The van der Waals surface area contributed by atoms with Crippen LogP contribution >= 0.6 is 0 Å². The highest BCUT2D eigenvalue weighted by Crippen LogP contribution is 2.67. The highest BCUT2D eigenvalue weighted by atomic mass is 16.4. The summed E-state index contributed by atoms with van der Waals surface area (Å²) in [4.78, 5) is 37.4. The highest BCUT2D eigenvalue weighted by Gasteiger charge is 2.65. The SMILES string of the molecule is Cc1cccc2c1C(=O)[C@@H]1[C@H]2[C@H]2C(=O)c3c(C(=O)O)cccc3[C@H]12. The first-order valence-corrected chi connectivity index (χ1v) is 8.06. The summed E-state index contributed by atoms with van der Waals surface area (Å²) in [5.74, 6) is -1.88. The van der Waals surface area contributed by atoms with Crippen LogP contribution in [0.25, 0.3) is 0 Å². The molecule has 24 heavy (non-hydrogen) atoms. The summed E-state index contributed by atoms with van der Waals surface area (Å²) in [7, 11) is 0. The van der Waals surface area contributed by atoms with Crippen LogP contribution in [-0.2, 0) is 0 Å². The van der Waals surface area contributed by atoms with Crippen LogP contribution in [0, 0.1) is 18.8 Å². The zero-order chi connectivity index (χ0) is 16.7. The molecule has 4 heteroatoms. The summed E-state index contributed by atoms with van der Waals surface area (Å²) in [6.07, 6.45) is 0. The van der Waals surface area contributed by atoms with Crippen molar-refractivity contribution in [1.82, 2.24) is 0 Å². The van der Waals surface area contributed by atoms with Gasteiger partial charge in [-0.15, -0.1) is 0 Å². The molecule has 0 radical (unpaired) electrons. The van der Waals surface area contributed by atoms with Gasteiger partial charge in [0.15, 0.2) is 11.6 Å². The molecule has 0 amide bonds. The van der Waals surface area contributed by atoms with Gasteiger partial charge in [0.25, 0.3) is 0 Å². The van der Waals surface area contributed by atoms with Crippen LogP contribution in [-0.4, -0.2) is 22.6 Å². The highest BCUT2D eigenvalue weighted by molar-refractivity contribution is 6.16. The van der Waals surface area contributed by atoms with E-state index in [1.54, 1.807) is 6.07 Å². The van der Waals surface area contributed by atoms with E-state index in [0.717, 1.165) is 22.3 Å². The van der Waals surface area contributed by atoms with Gasteiger partial charge in [0.1, 0.15) is 0 Å². The Kier molecular flexibility index (Phi) is 2.39. The van der Waals surface area contributed by atoms with Crippen molar-refractivity contribution < 1.29 is 19.5 Å². The summed E-state index contributed by atoms with van der Waals surface area (Å²) in [5, 5.41) is 9.39. The van der Waals surface area contributed by atoms with Crippen molar-refractivity contribution in [2.45, 2.75) is 18.8 Å². The van der Waals surface area contributed by atoms with Crippen molar-refractivity contribution in [2.24, 2.45) is 11.8 Å². The number of carboxylic acids is 1. The number of Topliss-reactive ketones (excluding diaryl/α,β-unsaturated/α-hetero) is 2. The molecule has 1 N–H and O–H groups in total. The van der Waals surface area contributed by atoms with Gasteiger partial charge in [-0.1, -0.05) is 30.3 Å². The molecule has 0 aliphatic heterocycles. The molecule has 0 heterocycles. The van der Waals surface area contributed by atoms with Crippen LogP contribution in [0.3, 0.4) is 0 Å². The summed E-state index contributed by atoms with van der Waals surface area (Å²) in [5.41, 5.74) is 3.80. The van der Waals surface area contributed by atoms with Crippen LogP contribution in [0.2, 0.25) is 0 Å². The van der Waals surface area contributed by atoms with E-state index in [9.17, 15) is 19.5 Å². The Balaban J connectivity index is 1.70. The Morgan fingerprint density at radius 3 is 2.00 bits per heavy atom. The standard InChI is InChI=1S/C20H14O4/c1-8-4-2-5-9-12(8)18(21)16-14(9)17-15(16)10-6-3-7-11(20(23)24)13(10)19(17)22/h2-7,14-17H,1H3,(H,23,24)/t14-,15+,16+,17+/m0/s1. The minimum atomic E-state index is -1.09. The maximum Gasteiger partial charge on any atom is 0.336 e. The van der Waals surface area contributed by atoms with Crippen molar-refractivity contribution in [2.75, 3.05) is 0 Å². The van der Waals surface area contributed by atoms with Gasteiger partial charge in [-0.3, -0.25) is 9.59 Å². The third-order valence-electron chi connectivity index (χ3n) is 6.00. The average molecular weight is 318 g/mol. The number of hydrogen-bond donors (Lipinski definition) is 1. The van der Waals surface area contributed by atoms with Gasteiger partial charge in [0, 0.05) is 34.8 Å². The molecule has 0 spiro atoms. The lowest BCUT2D eigenvalue weighted by Gasteiger charge is -2.43. The Morgan fingerprint density at radius 2 is 1.38 bits per heavy atom. The van der Waals surface area contributed by atoms with E-state index in [2.05, 4.69) is 0 Å². The topological polar surface area (TPSA) is 71.4 Å². The smallest absolute Gasteiger partial charge is 0.336 e. The normalized spacial score (nSPS) is 28.7. The van der Waals surface area contributed by atoms with Gasteiger partial charge in [0.05, 0.1) is 5.56 Å². The van der Waals surface area contributed by atoms with Gasteiger partial charge in [0.2, 0.25) is 0 Å². The fourth-order valence-electron chi connectivity index (χ4n) is 5.11. The lowest BCUT2D eigenvalue weighted by Crippen LogP contribution is -2.43. The van der Waals surface area contributed by atoms with Crippen molar-refractivity contribution in [3.63, 3.8) is 0 Å². The molecule has 3 aliphatic rings. The van der Waals surface area contributed by atoms with E-state index >= 15 is 0 Å². The molecule has 4 atom stereocenters. The van der Waals surface area contributed by atoms with Crippen LogP contribution in [0.15, 0.2) is 36.4 Å². The first-order valence-electron chi connectivity index (χ1n) is 8.06. The monoisotopic (exact) mass is 318 g/mol. The third kappa shape index (κ3) is 1.34. The van der Waals surface area contributed by atoms with E-state index in [1.165, 1.54) is 6.07 Å². The molecule has 4 nitrogen and oxygen atoms in total. The Hall–Kier alpha value is -2.75. The lowest BCUT2D eigenvalue weighted by atomic mass is 9.57. The molecule has 118 valence electrons. The first-order chi connectivity index (χ1) is 11.5. The van der Waals surface area contributed by atoms with Crippen LogP contribution < -0.4 is 0 Å². The van der Waals surface area contributed by atoms with Gasteiger partial charge in [-0.25, -0.2) is 4.79 Å². The van der Waals surface area contributed by atoms with E-state index in [1.807, 2.05) is 31.2 Å². The number of carbonyl (C=O) groups is 3. The largest absolute Gasteiger partial charge is 0.478 e. The number of hydrogen-bond acceptors (Lipinski definition) is 3. The molecule has 0 bridgehead atoms. The van der Waals surface area contributed by atoms with Crippen molar-refractivity contribution in [3.8, 4) is 0 Å². The van der Waals surface area contributed by atoms with E-state index < -0.39 is 5.97 Å². The maximum atomic E-state index is 13.0. The van der Waals surface area contributed by atoms with Gasteiger partial charge in [-0.05, 0) is 29.7 Å².